The second-order valence-electron chi connectivity index (χ2n) is 11.5. The number of aromatic hydroxyl groups is 1. The fourth-order valence-corrected chi connectivity index (χ4v) is 6.82. The van der Waals surface area contributed by atoms with E-state index >= 15 is 0 Å². The van der Waals surface area contributed by atoms with Crippen LogP contribution in [0.5, 0.6) is 5.75 Å². The molecule has 0 bridgehead atoms. The van der Waals surface area contributed by atoms with Gasteiger partial charge in [-0.1, -0.05) is 18.2 Å². The number of nitrogens with one attached hydrogen (secondary N) is 1. The van der Waals surface area contributed by atoms with E-state index in [1.807, 2.05) is 0 Å². The number of phenolic OH excluding ortho intramolecular Hbond substituents is 1. The number of carbonyl (C=O) groups excluding carboxylic acids is 4. The van der Waals surface area contributed by atoms with Crippen LogP contribution < -0.4 is 5.32 Å². The molecule has 0 fully saturated rings. The molecule has 4 atom stereocenters. The number of carbonyl (C=O) groups is 4. The van der Waals surface area contributed by atoms with E-state index in [1.54, 1.807) is 49.3 Å². The van der Waals surface area contributed by atoms with E-state index in [9.17, 15) is 39.6 Å². The van der Waals surface area contributed by atoms with Crippen LogP contribution in [0, 0.1) is 11.8 Å². The molecule has 0 aromatic heterocycles. The SMILES string of the molecule is COCCNC(=O)c1cccc(-c2ccc(O)c3c2C[C@H]2C[C@H]4[C@H](N(C)C)C(O)=C(C(C)=O)C(=O)[C@@]4(O)C(O)=C2C3=O)c1. The Bertz CT molecular complexity index is 1620. The zero-order valence-electron chi connectivity index (χ0n) is 24.3. The molecule has 11 heteroatoms. The summed E-state index contributed by atoms with van der Waals surface area (Å²) in [6.45, 7) is 1.75. The summed E-state index contributed by atoms with van der Waals surface area (Å²) in [6, 6.07) is 8.81. The van der Waals surface area contributed by atoms with E-state index < -0.39 is 57.9 Å². The van der Waals surface area contributed by atoms with Crippen molar-refractivity contribution in [2.24, 2.45) is 11.8 Å². The van der Waals surface area contributed by atoms with Gasteiger partial charge in [0, 0.05) is 30.7 Å². The van der Waals surface area contributed by atoms with Crippen molar-refractivity contribution < 1.29 is 44.3 Å². The highest BCUT2D eigenvalue weighted by Crippen LogP contribution is 2.53. The number of hydrogen-bond donors (Lipinski definition) is 5. The zero-order chi connectivity index (χ0) is 31.4. The predicted octanol–water partition coefficient (Wildman–Crippen LogP) is 2.27. The second-order valence-corrected chi connectivity index (χ2v) is 11.5. The molecule has 3 aliphatic carbocycles. The molecule has 0 heterocycles. The lowest BCUT2D eigenvalue weighted by Gasteiger charge is -2.50. The van der Waals surface area contributed by atoms with E-state index in [0.717, 1.165) is 6.92 Å². The Morgan fingerprint density at radius 3 is 2.49 bits per heavy atom. The standard InChI is InChI=1S/C32H34N2O9/c1-15(35)23-28(38)26(34(2)3)21-14-18-13-20-19(16-6-5-7-17(12-16)31(41)33-10-11-43-4)8-9-22(36)25(20)27(37)24(18)30(40)32(21,42)29(23)39/h5-9,12,18,21,26,36,38,40,42H,10-11,13-14H2,1-4H3,(H,33,41)/t18-,21-,26-,32+/m0/s1. The molecule has 11 nitrogen and oxygen atoms in total. The van der Waals surface area contributed by atoms with Gasteiger partial charge < -0.3 is 30.5 Å². The lowest BCUT2D eigenvalue weighted by atomic mass is 9.58. The Morgan fingerprint density at radius 2 is 1.84 bits per heavy atom. The van der Waals surface area contributed by atoms with Crippen molar-refractivity contribution in [1.82, 2.24) is 10.2 Å². The molecule has 43 heavy (non-hydrogen) atoms. The molecule has 5 rings (SSSR count). The van der Waals surface area contributed by atoms with Crippen LogP contribution in [0.1, 0.15) is 39.6 Å². The molecule has 0 unspecified atom stereocenters. The number of benzene rings is 2. The zero-order valence-corrected chi connectivity index (χ0v) is 24.3. The number of fused-ring (bicyclic) bond motifs is 3. The van der Waals surface area contributed by atoms with Crippen molar-refractivity contribution in [3.05, 3.63) is 75.8 Å². The summed E-state index contributed by atoms with van der Waals surface area (Å²) in [6.07, 6.45) is 0.168. The highest BCUT2D eigenvalue weighted by atomic mass is 16.5. The summed E-state index contributed by atoms with van der Waals surface area (Å²) in [7, 11) is 4.76. The summed E-state index contributed by atoms with van der Waals surface area (Å²) < 4.78 is 4.98. The van der Waals surface area contributed by atoms with Crippen LogP contribution in [-0.2, 0) is 20.7 Å². The largest absolute Gasteiger partial charge is 0.510 e. The topological polar surface area (TPSA) is 174 Å². The first-order valence-electron chi connectivity index (χ1n) is 13.9. The molecule has 0 radical (unpaired) electrons. The van der Waals surface area contributed by atoms with E-state index in [1.165, 1.54) is 13.2 Å². The minimum atomic E-state index is -2.63. The monoisotopic (exact) mass is 590 g/mol. The third kappa shape index (κ3) is 4.64. The quantitative estimate of drug-likeness (QED) is 0.238. The average Bonchev–Trinajstić information content (AvgIpc) is 2.95. The third-order valence-corrected chi connectivity index (χ3v) is 8.74. The van der Waals surface area contributed by atoms with Crippen LogP contribution in [0.25, 0.3) is 11.1 Å². The number of ether oxygens (including phenoxy) is 1. The summed E-state index contributed by atoms with van der Waals surface area (Å²) in [5, 5.41) is 47.9. The highest BCUT2D eigenvalue weighted by Gasteiger charge is 2.63. The van der Waals surface area contributed by atoms with Crippen LogP contribution in [0.15, 0.2) is 59.1 Å². The fraction of sp³-hybridized carbons (Fsp3) is 0.375. The Labute approximate surface area is 248 Å². The molecule has 0 saturated heterocycles. The normalized spacial score (nSPS) is 24.9. The van der Waals surface area contributed by atoms with Crippen molar-refractivity contribution >= 4 is 23.3 Å². The highest BCUT2D eigenvalue weighted by molar-refractivity contribution is 6.25. The summed E-state index contributed by atoms with van der Waals surface area (Å²) >= 11 is 0. The van der Waals surface area contributed by atoms with Gasteiger partial charge in [-0.05, 0) is 74.7 Å². The van der Waals surface area contributed by atoms with Crippen molar-refractivity contribution in [2.75, 3.05) is 34.4 Å². The van der Waals surface area contributed by atoms with Gasteiger partial charge in [-0.25, -0.2) is 0 Å². The van der Waals surface area contributed by atoms with E-state index in [-0.39, 0.29) is 35.6 Å². The number of amides is 1. The van der Waals surface area contributed by atoms with Gasteiger partial charge in [0.1, 0.15) is 22.8 Å². The van der Waals surface area contributed by atoms with Crippen molar-refractivity contribution in [3.63, 3.8) is 0 Å². The second kappa shape index (κ2) is 11.1. The number of aliphatic hydroxyl groups excluding tert-OH is 2. The molecule has 0 aliphatic heterocycles. The maximum atomic E-state index is 14.0. The maximum absolute atomic E-state index is 14.0. The fourth-order valence-electron chi connectivity index (χ4n) is 6.82. The lowest BCUT2D eigenvalue weighted by Crippen LogP contribution is -2.63. The summed E-state index contributed by atoms with van der Waals surface area (Å²) in [4.78, 5) is 54.1. The Morgan fingerprint density at radius 1 is 1.12 bits per heavy atom. The van der Waals surface area contributed by atoms with Gasteiger partial charge in [0.25, 0.3) is 5.91 Å². The first-order chi connectivity index (χ1) is 20.3. The van der Waals surface area contributed by atoms with Gasteiger partial charge in [-0.15, -0.1) is 0 Å². The average molecular weight is 591 g/mol. The van der Waals surface area contributed by atoms with Gasteiger partial charge in [0.05, 0.1) is 18.2 Å². The molecule has 226 valence electrons. The first-order valence-corrected chi connectivity index (χ1v) is 13.9. The van der Waals surface area contributed by atoms with Gasteiger partial charge in [0.15, 0.2) is 17.2 Å². The van der Waals surface area contributed by atoms with E-state index in [0.29, 0.717) is 35.4 Å². The van der Waals surface area contributed by atoms with E-state index in [2.05, 4.69) is 5.32 Å². The van der Waals surface area contributed by atoms with Crippen molar-refractivity contribution in [3.8, 4) is 16.9 Å². The van der Waals surface area contributed by atoms with Crippen LogP contribution in [0.2, 0.25) is 0 Å². The molecule has 2 aromatic rings. The van der Waals surface area contributed by atoms with Crippen LogP contribution >= 0.6 is 0 Å². The number of methoxy groups -OCH3 is 1. The number of likely N-dealkylation sites (N-methyl/N-ethyl adjacent to an activating group) is 1. The smallest absolute Gasteiger partial charge is 0.251 e. The van der Waals surface area contributed by atoms with Gasteiger partial charge >= 0.3 is 0 Å². The van der Waals surface area contributed by atoms with Crippen molar-refractivity contribution in [1.29, 1.82) is 0 Å². The molecule has 2 aromatic carbocycles. The van der Waals surface area contributed by atoms with E-state index in [4.69, 9.17) is 4.74 Å². The maximum Gasteiger partial charge on any atom is 0.251 e. The minimum Gasteiger partial charge on any atom is -0.510 e. The minimum absolute atomic E-state index is 0.0158. The molecule has 0 spiro atoms. The Kier molecular flexibility index (Phi) is 7.76. The van der Waals surface area contributed by atoms with Gasteiger partial charge in [0.2, 0.25) is 5.78 Å². The predicted molar refractivity (Wildman–Crippen MR) is 155 cm³/mol. The summed E-state index contributed by atoms with van der Waals surface area (Å²) in [5.74, 6) is -6.47. The number of Topliss-reactive ketones (excluding diaryl/α,β-unsaturated/α-hetero) is 3. The van der Waals surface area contributed by atoms with Crippen LogP contribution in [0.4, 0.5) is 0 Å². The van der Waals surface area contributed by atoms with Crippen molar-refractivity contribution in [2.45, 2.75) is 31.4 Å². The Balaban J connectivity index is 1.63. The van der Waals surface area contributed by atoms with Gasteiger partial charge in [-0.3, -0.25) is 24.1 Å². The number of nitrogens with zero attached hydrogens (tertiary/aromatic N) is 1. The third-order valence-electron chi connectivity index (χ3n) is 8.74. The van der Waals surface area contributed by atoms with Crippen LogP contribution in [0.3, 0.4) is 0 Å². The molecular weight excluding hydrogens is 556 g/mol. The lowest BCUT2D eigenvalue weighted by molar-refractivity contribution is -0.148. The molecular formula is C32H34N2O9. The van der Waals surface area contributed by atoms with Gasteiger partial charge in [-0.2, -0.15) is 0 Å². The number of phenols is 1. The number of allylic oxidation sites excluding steroid dienone is 1. The Hall–Kier alpha value is -4.32. The number of rotatable bonds is 7. The molecule has 0 saturated carbocycles. The molecule has 1 amide bonds. The number of ketones is 3. The van der Waals surface area contributed by atoms with Crippen LogP contribution in [-0.4, -0.2) is 94.6 Å². The first kappa shape index (κ1) is 30.1. The molecule has 3 aliphatic rings. The number of aliphatic hydroxyl groups is 3. The summed E-state index contributed by atoms with van der Waals surface area (Å²) in [5.41, 5.74) is -1.44. The number of hydrogen-bond acceptors (Lipinski definition) is 10. The molecule has 5 N–H and O–H groups in total.